The Kier molecular flexibility index (Phi) is 6.59. The van der Waals surface area contributed by atoms with Gasteiger partial charge in [-0.25, -0.2) is 13.1 Å². The molecule has 0 saturated heterocycles. The molecule has 0 aromatic carbocycles. The molecule has 0 radical (unpaired) electrons. The lowest BCUT2D eigenvalue weighted by atomic mass is 10.5. The van der Waals surface area contributed by atoms with Crippen LogP contribution in [0.25, 0.3) is 0 Å². The first kappa shape index (κ1) is 12.4. The molecule has 0 amide bonds. The van der Waals surface area contributed by atoms with E-state index in [9.17, 15) is 8.42 Å². The van der Waals surface area contributed by atoms with Gasteiger partial charge in [-0.3, -0.25) is 0 Å². The topological polar surface area (TPSA) is 58.2 Å². The fourth-order valence-corrected chi connectivity index (χ4v) is 1.70. The van der Waals surface area contributed by atoms with E-state index in [2.05, 4.69) is 16.0 Å². The molecule has 2 N–H and O–H groups in total. The van der Waals surface area contributed by atoms with Crippen molar-refractivity contribution in [1.82, 2.24) is 10.0 Å². The average Bonchev–Trinajstić information content (AvgIpc) is 2.05. The first-order chi connectivity index (χ1) is 6.12. The zero-order valence-corrected chi connectivity index (χ0v) is 8.65. The zero-order chi connectivity index (χ0) is 10.2. The molecule has 0 aromatic rings. The van der Waals surface area contributed by atoms with E-state index in [0.29, 0.717) is 19.5 Å². The molecular formula is C8H16N2O2S. The second-order valence-electron chi connectivity index (χ2n) is 2.52. The number of hydrogen-bond acceptors (Lipinski definition) is 3. The first-order valence-electron chi connectivity index (χ1n) is 4.24. The molecule has 13 heavy (non-hydrogen) atoms. The summed E-state index contributed by atoms with van der Waals surface area (Å²) < 4.78 is 24.7. The van der Waals surface area contributed by atoms with Gasteiger partial charge >= 0.3 is 0 Å². The molecule has 76 valence electrons. The monoisotopic (exact) mass is 204 g/mol. The van der Waals surface area contributed by atoms with E-state index in [1.807, 2.05) is 6.92 Å². The van der Waals surface area contributed by atoms with Crippen molar-refractivity contribution in [3.05, 3.63) is 0 Å². The van der Waals surface area contributed by atoms with Crippen molar-refractivity contribution < 1.29 is 8.42 Å². The molecule has 0 aliphatic rings. The summed E-state index contributed by atoms with van der Waals surface area (Å²) in [6.45, 7) is 3.51. The van der Waals surface area contributed by atoms with Crippen LogP contribution >= 0.6 is 0 Å². The molecule has 0 spiro atoms. The molecule has 0 saturated carbocycles. The highest BCUT2D eigenvalue weighted by Gasteiger charge is 2.07. The van der Waals surface area contributed by atoms with Crippen molar-refractivity contribution in [3.8, 4) is 12.3 Å². The molecule has 0 heterocycles. The number of hydrogen-bond donors (Lipinski definition) is 2. The van der Waals surface area contributed by atoms with Gasteiger partial charge in [-0.05, 0) is 6.54 Å². The molecule has 4 nitrogen and oxygen atoms in total. The van der Waals surface area contributed by atoms with Crippen LogP contribution in [0.4, 0.5) is 0 Å². The van der Waals surface area contributed by atoms with Gasteiger partial charge in [0, 0.05) is 19.5 Å². The summed E-state index contributed by atoms with van der Waals surface area (Å²) in [7, 11) is -3.13. The van der Waals surface area contributed by atoms with Crippen LogP contribution in [0.15, 0.2) is 0 Å². The standard InChI is InChI=1S/C8H16N2O2S/c1-3-5-6-10-13(11,12)8-7-9-4-2/h1,9-10H,4-8H2,2H3. The minimum atomic E-state index is -3.13. The van der Waals surface area contributed by atoms with Gasteiger partial charge in [0.1, 0.15) is 0 Å². The van der Waals surface area contributed by atoms with Crippen LogP contribution in [0.3, 0.4) is 0 Å². The maximum atomic E-state index is 11.2. The summed E-state index contributed by atoms with van der Waals surface area (Å²) in [4.78, 5) is 0. The lowest BCUT2D eigenvalue weighted by Crippen LogP contribution is -2.32. The summed E-state index contributed by atoms with van der Waals surface area (Å²) in [6.07, 6.45) is 5.41. The van der Waals surface area contributed by atoms with Gasteiger partial charge in [-0.2, -0.15) is 0 Å². The summed E-state index contributed by atoms with van der Waals surface area (Å²) in [5.74, 6) is 2.47. The molecule has 0 unspecified atom stereocenters. The van der Waals surface area contributed by atoms with E-state index in [0.717, 1.165) is 6.54 Å². The third-order valence-corrected chi connectivity index (χ3v) is 2.77. The molecule has 5 heteroatoms. The maximum Gasteiger partial charge on any atom is 0.212 e. The summed E-state index contributed by atoms with van der Waals surface area (Å²) in [5, 5.41) is 2.94. The first-order valence-corrected chi connectivity index (χ1v) is 5.89. The quantitative estimate of drug-likeness (QED) is 0.436. The Bertz CT molecular complexity index is 254. The molecule has 0 fully saturated rings. The number of nitrogens with one attached hydrogen (secondary N) is 2. The van der Waals surface area contributed by atoms with Crippen LogP contribution in [0, 0.1) is 12.3 Å². The van der Waals surface area contributed by atoms with Crippen molar-refractivity contribution in [1.29, 1.82) is 0 Å². The minimum Gasteiger partial charge on any atom is -0.316 e. The highest BCUT2D eigenvalue weighted by Crippen LogP contribution is 1.83. The van der Waals surface area contributed by atoms with Crippen LogP contribution in [-0.4, -0.2) is 33.8 Å². The highest BCUT2D eigenvalue weighted by molar-refractivity contribution is 7.89. The minimum absolute atomic E-state index is 0.103. The largest absolute Gasteiger partial charge is 0.316 e. The van der Waals surface area contributed by atoms with Crippen LogP contribution in [0.1, 0.15) is 13.3 Å². The number of sulfonamides is 1. The van der Waals surface area contributed by atoms with E-state index in [-0.39, 0.29) is 5.75 Å². The molecule has 0 aromatic heterocycles. The van der Waals surface area contributed by atoms with Crippen LogP contribution in [0.2, 0.25) is 0 Å². The Labute approximate surface area is 80.2 Å². The summed E-state index contributed by atoms with van der Waals surface area (Å²) in [5.41, 5.74) is 0. The van der Waals surface area contributed by atoms with E-state index in [1.165, 1.54) is 0 Å². The van der Waals surface area contributed by atoms with Crippen molar-refractivity contribution in [2.45, 2.75) is 13.3 Å². The molecular weight excluding hydrogens is 188 g/mol. The van der Waals surface area contributed by atoms with Crippen molar-refractivity contribution >= 4 is 10.0 Å². The summed E-state index contributed by atoms with van der Waals surface area (Å²) >= 11 is 0. The molecule has 0 bridgehead atoms. The van der Waals surface area contributed by atoms with Gasteiger partial charge in [-0.15, -0.1) is 12.3 Å². The number of terminal acetylenes is 1. The Morgan fingerprint density at radius 2 is 2.08 bits per heavy atom. The predicted octanol–water partition coefficient (Wildman–Crippen LogP) is -0.461. The van der Waals surface area contributed by atoms with Crippen molar-refractivity contribution in [3.63, 3.8) is 0 Å². The molecule has 0 atom stereocenters. The van der Waals surface area contributed by atoms with Crippen LogP contribution in [0.5, 0.6) is 0 Å². The van der Waals surface area contributed by atoms with Gasteiger partial charge in [0.2, 0.25) is 10.0 Å². The van der Waals surface area contributed by atoms with E-state index in [4.69, 9.17) is 6.42 Å². The van der Waals surface area contributed by atoms with Crippen LogP contribution in [-0.2, 0) is 10.0 Å². The Hall–Kier alpha value is -0.570. The van der Waals surface area contributed by atoms with E-state index >= 15 is 0 Å². The van der Waals surface area contributed by atoms with Gasteiger partial charge in [0.05, 0.1) is 5.75 Å². The van der Waals surface area contributed by atoms with Crippen LogP contribution < -0.4 is 10.0 Å². The number of rotatable bonds is 7. The van der Waals surface area contributed by atoms with Gasteiger partial charge < -0.3 is 5.32 Å². The van der Waals surface area contributed by atoms with Gasteiger partial charge in [0.15, 0.2) is 0 Å². The predicted molar refractivity (Wildman–Crippen MR) is 53.8 cm³/mol. The third kappa shape index (κ3) is 7.78. The third-order valence-electron chi connectivity index (χ3n) is 1.39. The normalized spacial score (nSPS) is 11.1. The fourth-order valence-electron chi connectivity index (χ4n) is 0.734. The Balaban J connectivity index is 3.63. The van der Waals surface area contributed by atoms with E-state index < -0.39 is 10.0 Å². The SMILES string of the molecule is C#CCCNS(=O)(=O)CCNCC. The lowest BCUT2D eigenvalue weighted by molar-refractivity contribution is 0.578. The van der Waals surface area contributed by atoms with Gasteiger partial charge in [0.25, 0.3) is 0 Å². The molecule has 0 aliphatic heterocycles. The van der Waals surface area contributed by atoms with Crippen molar-refractivity contribution in [2.75, 3.05) is 25.4 Å². The summed E-state index contributed by atoms with van der Waals surface area (Å²) in [6, 6.07) is 0. The van der Waals surface area contributed by atoms with E-state index in [1.54, 1.807) is 0 Å². The zero-order valence-electron chi connectivity index (χ0n) is 7.84. The Morgan fingerprint density at radius 1 is 1.38 bits per heavy atom. The van der Waals surface area contributed by atoms with Crippen molar-refractivity contribution in [2.24, 2.45) is 0 Å². The molecule has 0 rings (SSSR count). The smallest absolute Gasteiger partial charge is 0.212 e. The average molecular weight is 204 g/mol. The second-order valence-corrected chi connectivity index (χ2v) is 4.45. The highest BCUT2D eigenvalue weighted by atomic mass is 32.2. The Morgan fingerprint density at radius 3 is 2.62 bits per heavy atom. The second kappa shape index (κ2) is 6.89. The maximum absolute atomic E-state index is 11.2. The van der Waals surface area contributed by atoms with Gasteiger partial charge in [-0.1, -0.05) is 6.92 Å². The molecule has 0 aliphatic carbocycles. The fraction of sp³-hybridized carbons (Fsp3) is 0.750. The lowest BCUT2D eigenvalue weighted by Gasteiger charge is -2.04.